The minimum Gasteiger partial charge on any atom is -0.398 e. The van der Waals surface area contributed by atoms with Crippen LogP contribution in [0.4, 0.5) is 5.69 Å². The lowest BCUT2D eigenvalue weighted by molar-refractivity contribution is 1.08. The predicted molar refractivity (Wildman–Crippen MR) is 94.3 cm³/mol. The molecular formula is C18H14N4S. The van der Waals surface area contributed by atoms with Gasteiger partial charge >= 0.3 is 0 Å². The van der Waals surface area contributed by atoms with E-state index in [4.69, 9.17) is 10.7 Å². The van der Waals surface area contributed by atoms with E-state index in [-0.39, 0.29) is 0 Å². The van der Waals surface area contributed by atoms with Crippen molar-refractivity contribution in [2.75, 3.05) is 5.73 Å². The van der Waals surface area contributed by atoms with Crippen LogP contribution in [0, 0.1) is 0 Å². The number of aromatic nitrogens is 3. The van der Waals surface area contributed by atoms with Gasteiger partial charge in [0.2, 0.25) is 0 Å². The summed E-state index contributed by atoms with van der Waals surface area (Å²) in [7, 11) is 0. The standard InChI is InChI=1S/C18H14N4S/c19-14-6-1-7-15-17(14)16(10-13-5-3-9-23-13)22-18(21-15)12-4-2-8-20-11-12/h1-9,11H,10,19H2. The number of nitrogens with zero attached hydrogens (tertiary/aromatic N) is 3. The average molecular weight is 318 g/mol. The second-order valence-corrected chi connectivity index (χ2v) is 6.27. The van der Waals surface area contributed by atoms with Crippen molar-refractivity contribution in [1.82, 2.24) is 15.0 Å². The van der Waals surface area contributed by atoms with Gasteiger partial charge in [-0.05, 0) is 35.7 Å². The van der Waals surface area contributed by atoms with E-state index in [9.17, 15) is 0 Å². The highest BCUT2D eigenvalue weighted by atomic mass is 32.1. The minimum absolute atomic E-state index is 0.683. The van der Waals surface area contributed by atoms with Gasteiger partial charge in [0.05, 0.1) is 11.2 Å². The fraction of sp³-hybridized carbons (Fsp3) is 0.0556. The SMILES string of the molecule is Nc1cccc2nc(-c3cccnc3)nc(Cc3cccs3)c12. The Morgan fingerprint density at radius 2 is 1.96 bits per heavy atom. The zero-order chi connectivity index (χ0) is 15.6. The normalized spacial score (nSPS) is 11.0. The van der Waals surface area contributed by atoms with Crippen molar-refractivity contribution in [2.24, 2.45) is 0 Å². The zero-order valence-corrected chi connectivity index (χ0v) is 13.1. The fourth-order valence-electron chi connectivity index (χ4n) is 2.62. The first-order valence-corrected chi connectivity index (χ1v) is 8.17. The molecule has 3 aromatic heterocycles. The Balaban J connectivity index is 1.94. The van der Waals surface area contributed by atoms with E-state index in [0.29, 0.717) is 11.5 Å². The number of anilines is 1. The summed E-state index contributed by atoms with van der Waals surface area (Å²) in [5.41, 5.74) is 9.63. The summed E-state index contributed by atoms with van der Waals surface area (Å²) >= 11 is 1.72. The van der Waals surface area contributed by atoms with Crippen molar-refractivity contribution in [1.29, 1.82) is 0 Å². The topological polar surface area (TPSA) is 64.7 Å². The largest absolute Gasteiger partial charge is 0.398 e. The van der Waals surface area contributed by atoms with Crippen LogP contribution in [0.5, 0.6) is 0 Å². The lowest BCUT2D eigenvalue weighted by Crippen LogP contribution is -2.01. The molecule has 0 atom stereocenters. The fourth-order valence-corrected chi connectivity index (χ4v) is 3.33. The van der Waals surface area contributed by atoms with Crippen LogP contribution in [-0.2, 0) is 6.42 Å². The first-order chi connectivity index (χ1) is 11.3. The summed E-state index contributed by atoms with van der Waals surface area (Å²) in [5, 5.41) is 3.01. The van der Waals surface area contributed by atoms with Crippen LogP contribution in [0.2, 0.25) is 0 Å². The monoisotopic (exact) mass is 318 g/mol. The number of benzene rings is 1. The first kappa shape index (κ1) is 13.8. The van der Waals surface area contributed by atoms with Gasteiger partial charge in [0.25, 0.3) is 0 Å². The molecule has 3 heterocycles. The van der Waals surface area contributed by atoms with Gasteiger partial charge in [-0.25, -0.2) is 9.97 Å². The third-order valence-corrected chi connectivity index (χ3v) is 4.55. The van der Waals surface area contributed by atoms with E-state index < -0.39 is 0 Å². The molecule has 4 aromatic rings. The van der Waals surface area contributed by atoms with Crippen molar-refractivity contribution >= 4 is 27.9 Å². The quantitative estimate of drug-likeness (QED) is 0.581. The van der Waals surface area contributed by atoms with Crippen LogP contribution >= 0.6 is 11.3 Å². The highest BCUT2D eigenvalue weighted by Crippen LogP contribution is 2.28. The Morgan fingerprint density at radius 3 is 2.74 bits per heavy atom. The van der Waals surface area contributed by atoms with Crippen molar-refractivity contribution in [3.05, 3.63) is 70.8 Å². The third-order valence-electron chi connectivity index (χ3n) is 3.67. The Kier molecular flexibility index (Phi) is 3.48. The van der Waals surface area contributed by atoms with E-state index >= 15 is 0 Å². The maximum Gasteiger partial charge on any atom is 0.161 e. The molecule has 23 heavy (non-hydrogen) atoms. The Labute approximate surface area is 137 Å². The summed E-state index contributed by atoms with van der Waals surface area (Å²) in [6.45, 7) is 0. The first-order valence-electron chi connectivity index (χ1n) is 7.29. The Morgan fingerprint density at radius 1 is 1.00 bits per heavy atom. The van der Waals surface area contributed by atoms with Crippen LogP contribution in [0.25, 0.3) is 22.3 Å². The number of nitrogen functional groups attached to an aromatic ring is 1. The highest BCUT2D eigenvalue weighted by molar-refractivity contribution is 7.09. The number of thiophene rings is 1. The van der Waals surface area contributed by atoms with E-state index in [1.54, 1.807) is 23.7 Å². The molecule has 0 fully saturated rings. The molecule has 0 unspecified atom stereocenters. The number of nitrogens with two attached hydrogens (primary N) is 1. The molecule has 0 saturated heterocycles. The number of hydrogen-bond donors (Lipinski definition) is 1. The second kappa shape index (κ2) is 5.78. The molecule has 1 aromatic carbocycles. The van der Waals surface area contributed by atoms with Crippen molar-refractivity contribution in [3.63, 3.8) is 0 Å². The molecule has 5 heteroatoms. The predicted octanol–water partition coefficient (Wildman–Crippen LogP) is 3.93. The molecule has 2 N–H and O–H groups in total. The van der Waals surface area contributed by atoms with Crippen molar-refractivity contribution in [3.8, 4) is 11.4 Å². The lowest BCUT2D eigenvalue weighted by Gasteiger charge is -2.10. The van der Waals surface area contributed by atoms with Crippen molar-refractivity contribution in [2.45, 2.75) is 6.42 Å². The lowest BCUT2D eigenvalue weighted by atomic mass is 10.1. The summed E-state index contributed by atoms with van der Waals surface area (Å²) in [4.78, 5) is 14.9. The number of fused-ring (bicyclic) bond motifs is 1. The summed E-state index contributed by atoms with van der Waals surface area (Å²) in [6, 6.07) is 13.8. The summed E-state index contributed by atoms with van der Waals surface area (Å²) in [6.07, 6.45) is 4.27. The molecule has 0 aliphatic carbocycles. The molecular weight excluding hydrogens is 304 g/mol. The molecule has 112 valence electrons. The van der Waals surface area contributed by atoms with Gasteiger partial charge in [-0.1, -0.05) is 12.1 Å². The van der Waals surface area contributed by atoms with Gasteiger partial charge in [-0.15, -0.1) is 11.3 Å². The molecule has 0 spiro atoms. The van der Waals surface area contributed by atoms with Gasteiger partial charge < -0.3 is 5.73 Å². The zero-order valence-electron chi connectivity index (χ0n) is 12.3. The number of pyridine rings is 1. The smallest absolute Gasteiger partial charge is 0.161 e. The van der Waals surface area contributed by atoms with Gasteiger partial charge in [-0.2, -0.15) is 0 Å². The highest BCUT2D eigenvalue weighted by Gasteiger charge is 2.12. The van der Waals surface area contributed by atoms with Crippen molar-refractivity contribution < 1.29 is 0 Å². The van der Waals surface area contributed by atoms with Gasteiger partial charge in [-0.3, -0.25) is 4.98 Å². The minimum atomic E-state index is 0.683. The average Bonchev–Trinajstić information content (AvgIpc) is 3.08. The Hall–Kier alpha value is -2.79. The maximum atomic E-state index is 6.19. The summed E-state index contributed by atoms with van der Waals surface area (Å²) in [5.74, 6) is 0.683. The third kappa shape index (κ3) is 2.66. The molecule has 4 nitrogen and oxygen atoms in total. The molecule has 0 aliphatic heterocycles. The van der Waals surface area contributed by atoms with E-state index in [2.05, 4.69) is 27.5 Å². The molecule has 0 bridgehead atoms. The van der Waals surface area contributed by atoms with Crippen LogP contribution < -0.4 is 5.73 Å². The molecule has 0 amide bonds. The van der Waals surface area contributed by atoms with Gasteiger partial charge in [0.15, 0.2) is 5.82 Å². The van der Waals surface area contributed by atoms with Crippen LogP contribution in [-0.4, -0.2) is 15.0 Å². The molecule has 0 radical (unpaired) electrons. The maximum absolute atomic E-state index is 6.19. The Bertz CT molecular complexity index is 950. The van der Waals surface area contributed by atoms with Gasteiger partial charge in [0.1, 0.15) is 0 Å². The summed E-state index contributed by atoms with van der Waals surface area (Å²) < 4.78 is 0. The van der Waals surface area contributed by atoms with E-state index in [1.165, 1.54) is 4.88 Å². The van der Waals surface area contributed by atoms with Crippen LogP contribution in [0.15, 0.2) is 60.2 Å². The van der Waals surface area contributed by atoms with E-state index in [1.807, 2.05) is 30.3 Å². The van der Waals surface area contributed by atoms with E-state index in [0.717, 1.165) is 28.6 Å². The second-order valence-electron chi connectivity index (χ2n) is 5.23. The molecule has 0 aliphatic rings. The van der Waals surface area contributed by atoms with Crippen LogP contribution in [0.3, 0.4) is 0 Å². The number of rotatable bonds is 3. The van der Waals surface area contributed by atoms with Crippen LogP contribution in [0.1, 0.15) is 10.6 Å². The van der Waals surface area contributed by atoms with Gasteiger partial charge in [0, 0.05) is 40.3 Å². The number of hydrogen-bond acceptors (Lipinski definition) is 5. The molecule has 4 rings (SSSR count). The molecule has 0 saturated carbocycles.